The van der Waals surface area contributed by atoms with E-state index in [1.165, 1.54) is 6.07 Å². The quantitative estimate of drug-likeness (QED) is 0.536. The lowest BCUT2D eigenvalue weighted by Crippen LogP contribution is -2.20. The first-order valence-electron chi connectivity index (χ1n) is 7.52. The van der Waals surface area contributed by atoms with Crippen molar-refractivity contribution in [3.05, 3.63) is 62.4 Å². The minimum absolute atomic E-state index is 0.0140. The van der Waals surface area contributed by atoms with E-state index in [0.29, 0.717) is 29.0 Å². The number of methoxy groups -OCH3 is 1. The Morgan fingerprint density at radius 1 is 1.32 bits per heavy atom. The summed E-state index contributed by atoms with van der Waals surface area (Å²) in [4.78, 5) is 19.6. The summed E-state index contributed by atoms with van der Waals surface area (Å²) in [6, 6.07) is 10.4. The van der Waals surface area contributed by atoms with Gasteiger partial charge < -0.3 is 19.6 Å². The second-order valence-electron chi connectivity index (χ2n) is 5.59. The standard InChI is InChI=1S/C18H13BrN2O4/c1-24-14-4-2-3-9-7-12-17(23)20-16(21-18(12)25-15(9)14)11-8-10(19)5-6-13(11)22/h2-6,8,22H,7H2,1H3,(H,20,21,23). The van der Waals surface area contributed by atoms with Crippen LogP contribution < -0.4 is 15.0 Å². The maximum atomic E-state index is 12.5. The molecule has 2 heterocycles. The molecule has 2 N–H and O–H groups in total. The number of phenols is 1. The molecule has 0 atom stereocenters. The number of fused-ring (bicyclic) bond motifs is 2. The lowest BCUT2D eigenvalue weighted by molar-refractivity contribution is 0.365. The zero-order chi connectivity index (χ0) is 17.6. The predicted molar refractivity (Wildman–Crippen MR) is 95.5 cm³/mol. The number of H-pyrrole nitrogens is 1. The lowest BCUT2D eigenvalue weighted by Gasteiger charge is -2.21. The van der Waals surface area contributed by atoms with Crippen LogP contribution >= 0.6 is 15.9 Å². The number of aromatic amines is 1. The van der Waals surface area contributed by atoms with Crippen LogP contribution in [0.5, 0.6) is 23.1 Å². The second kappa shape index (κ2) is 5.93. The maximum Gasteiger partial charge on any atom is 0.258 e. The number of ether oxygens (including phenoxy) is 2. The Hall–Kier alpha value is -2.80. The van der Waals surface area contributed by atoms with Crippen LogP contribution in [0.2, 0.25) is 0 Å². The number of halogens is 1. The average Bonchev–Trinajstić information content (AvgIpc) is 2.61. The summed E-state index contributed by atoms with van der Waals surface area (Å²) in [6.07, 6.45) is 0.398. The smallest absolute Gasteiger partial charge is 0.258 e. The topological polar surface area (TPSA) is 84.4 Å². The Balaban J connectivity index is 1.86. The Bertz CT molecular complexity index is 1050. The third-order valence-electron chi connectivity index (χ3n) is 4.04. The van der Waals surface area contributed by atoms with Crippen molar-refractivity contribution in [1.82, 2.24) is 9.97 Å². The first-order valence-corrected chi connectivity index (χ1v) is 8.32. The van der Waals surface area contributed by atoms with Crippen LogP contribution in [-0.4, -0.2) is 22.2 Å². The fraction of sp³-hybridized carbons (Fsp3) is 0.111. The highest BCUT2D eigenvalue weighted by atomic mass is 79.9. The number of phenolic OH excluding ortho intramolecular Hbond substituents is 1. The number of hydrogen-bond acceptors (Lipinski definition) is 5. The third kappa shape index (κ3) is 2.66. The minimum atomic E-state index is -0.298. The van der Waals surface area contributed by atoms with Crippen molar-refractivity contribution in [3.8, 4) is 34.5 Å². The van der Waals surface area contributed by atoms with E-state index in [-0.39, 0.29) is 23.0 Å². The molecule has 4 rings (SSSR count). The molecule has 0 radical (unpaired) electrons. The monoisotopic (exact) mass is 400 g/mol. The number of aromatic nitrogens is 2. The van der Waals surface area contributed by atoms with Gasteiger partial charge in [0.15, 0.2) is 11.5 Å². The van der Waals surface area contributed by atoms with Gasteiger partial charge in [-0.2, -0.15) is 4.98 Å². The Morgan fingerprint density at radius 3 is 2.96 bits per heavy atom. The molecule has 0 unspecified atom stereocenters. The molecule has 0 spiro atoms. The molecule has 2 aromatic carbocycles. The van der Waals surface area contributed by atoms with Crippen molar-refractivity contribution < 1.29 is 14.6 Å². The molecule has 0 bridgehead atoms. The molecule has 6 nitrogen and oxygen atoms in total. The van der Waals surface area contributed by atoms with E-state index in [4.69, 9.17) is 9.47 Å². The molecule has 126 valence electrons. The number of aromatic hydroxyl groups is 1. The summed E-state index contributed by atoms with van der Waals surface area (Å²) >= 11 is 3.35. The van der Waals surface area contributed by atoms with Gasteiger partial charge in [0, 0.05) is 16.5 Å². The van der Waals surface area contributed by atoms with Crippen LogP contribution in [0.15, 0.2) is 45.7 Å². The number of para-hydroxylation sites is 1. The first kappa shape index (κ1) is 15.7. The number of nitrogens with zero attached hydrogens (tertiary/aromatic N) is 1. The minimum Gasteiger partial charge on any atom is -0.507 e. The molecule has 25 heavy (non-hydrogen) atoms. The van der Waals surface area contributed by atoms with Crippen molar-refractivity contribution in [2.24, 2.45) is 0 Å². The zero-order valence-corrected chi connectivity index (χ0v) is 14.8. The molecule has 1 aliphatic heterocycles. The van der Waals surface area contributed by atoms with Gasteiger partial charge in [0.05, 0.1) is 18.2 Å². The summed E-state index contributed by atoms with van der Waals surface area (Å²) in [5.41, 5.74) is 1.41. The van der Waals surface area contributed by atoms with Crippen LogP contribution in [0.4, 0.5) is 0 Å². The van der Waals surface area contributed by atoms with E-state index in [1.807, 2.05) is 12.1 Å². The van der Waals surface area contributed by atoms with Crippen molar-refractivity contribution in [2.45, 2.75) is 6.42 Å². The molecule has 3 aromatic rings. The zero-order valence-electron chi connectivity index (χ0n) is 13.2. The predicted octanol–water partition coefficient (Wildman–Crippen LogP) is 3.61. The number of nitrogens with one attached hydrogen (secondary N) is 1. The van der Waals surface area contributed by atoms with Gasteiger partial charge in [-0.25, -0.2) is 0 Å². The summed E-state index contributed by atoms with van der Waals surface area (Å²) in [5.74, 6) is 1.60. The van der Waals surface area contributed by atoms with Crippen molar-refractivity contribution in [1.29, 1.82) is 0 Å². The van der Waals surface area contributed by atoms with E-state index in [2.05, 4.69) is 25.9 Å². The van der Waals surface area contributed by atoms with Gasteiger partial charge in [-0.15, -0.1) is 0 Å². The molecule has 7 heteroatoms. The summed E-state index contributed by atoms with van der Waals surface area (Å²) in [7, 11) is 1.56. The highest BCUT2D eigenvalue weighted by Gasteiger charge is 2.25. The van der Waals surface area contributed by atoms with Crippen molar-refractivity contribution in [2.75, 3.05) is 7.11 Å². The van der Waals surface area contributed by atoms with Gasteiger partial charge in [0.25, 0.3) is 5.56 Å². The number of hydrogen-bond donors (Lipinski definition) is 2. The second-order valence-corrected chi connectivity index (χ2v) is 6.50. The fourth-order valence-electron chi connectivity index (χ4n) is 2.81. The summed E-state index contributed by atoms with van der Waals surface area (Å²) in [5, 5.41) is 10.1. The summed E-state index contributed by atoms with van der Waals surface area (Å²) in [6.45, 7) is 0. The lowest BCUT2D eigenvalue weighted by atomic mass is 10.0. The first-order chi connectivity index (χ1) is 12.1. The Labute approximate surface area is 151 Å². The maximum absolute atomic E-state index is 12.5. The normalized spacial score (nSPS) is 12.1. The van der Waals surface area contributed by atoms with Crippen LogP contribution in [0.3, 0.4) is 0 Å². The van der Waals surface area contributed by atoms with E-state index >= 15 is 0 Å². The SMILES string of the molecule is COc1cccc2c1Oc1nc(-c3cc(Br)ccc3O)[nH]c(=O)c1C2. The highest BCUT2D eigenvalue weighted by molar-refractivity contribution is 9.10. The molecule has 0 saturated heterocycles. The van der Waals surface area contributed by atoms with Gasteiger partial charge in [-0.05, 0) is 24.3 Å². The van der Waals surface area contributed by atoms with Gasteiger partial charge in [-0.3, -0.25) is 4.79 Å². The van der Waals surface area contributed by atoms with Crippen LogP contribution in [0.25, 0.3) is 11.4 Å². The van der Waals surface area contributed by atoms with E-state index in [0.717, 1.165) is 10.0 Å². The Morgan fingerprint density at radius 2 is 2.16 bits per heavy atom. The molecule has 0 fully saturated rings. The van der Waals surface area contributed by atoms with E-state index in [9.17, 15) is 9.90 Å². The van der Waals surface area contributed by atoms with Crippen molar-refractivity contribution in [3.63, 3.8) is 0 Å². The van der Waals surface area contributed by atoms with Gasteiger partial charge >= 0.3 is 0 Å². The molecule has 0 saturated carbocycles. The molecule has 1 aliphatic rings. The number of benzene rings is 2. The molecular weight excluding hydrogens is 388 g/mol. The van der Waals surface area contributed by atoms with E-state index < -0.39 is 0 Å². The molecular formula is C18H13BrN2O4. The van der Waals surface area contributed by atoms with Crippen LogP contribution in [0, 0.1) is 0 Å². The van der Waals surface area contributed by atoms with Crippen LogP contribution in [0.1, 0.15) is 11.1 Å². The molecule has 0 aliphatic carbocycles. The largest absolute Gasteiger partial charge is 0.507 e. The number of rotatable bonds is 2. The van der Waals surface area contributed by atoms with Crippen molar-refractivity contribution >= 4 is 15.9 Å². The Kier molecular flexibility index (Phi) is 3.73. The molecule has 0 amide bonds. The third-order valence-corrected chi connectivity index (χ3v) is 4.53. The van der Waals surface area contributed by atoms with Gasteiger partial charge in [0.1, 0.15) is 11.6 Å². The average molecular weight is 401 g/mol. The van der Waals surface area contributed by atoms with E-state index in [1.54, 1.807) is 25.3 Å². The van der Waals surface area contributed by atoms with Gasteiger partial charge in [0.2, 0.25) is 5.88 Å². The van der Waals surface area contributed by atoms with Gasteiger partial charge in [-0.1, -0.05) is 28.1 Å². The summed E-state index contributed by atoms with van der Waals surface area (Å²) < 4.78 is 11.9. The highest BCUT2D eigenvalue weighted by Crippen LogP contribution is 2.41. The fourth-order valence-corrected chi connectivity index (χ4v) is 3.17. The van der Waals surface area contributed by atoms with Crippen LogP contribution in [-0.2, 0) is 6.42 Å². The molecule has 1 aromatic heterocycles.